The Labute approximate surface area is 182 Å². The summed E-state index contributed by atoms with van der Waals surface area (Å²) in [4.78, 5) is 15.8. The van der Waals surface area contributed by atoms with Gasteiger partial charge in [-0.25, -0.2) is 8.78 Å². The number of nitrogens with two attached hydrogens (primary N) is 1. The minimum Gasteiger partial charge on any atom is -0.494 e. The van der Waals surface area contributed by atoms with Crippen LogP contribution in [0.3, 0.4) is 0 Å². The maximum Gasteiger partial charge on any atom is 0.264 e. The first-order valence-corrected chi connectivity index (χ1v) is 10.5. The van der Waals surface area contributed by atoms with E-state index in [0.717, 1.165) is 6.42 Å². The first-order chi connectivity index (χ1) is 14.9. The molecule has 1 saturated heterocycles. The average molecular weight is 439 g/mol. The maximum atomic E-state index is 14.4. The predicted octanol–water partition coefficient (Wildman–Crippen LogP) is 4.41. The van der Waals surface area contributed by atoms with Crippen LogP contribution in [-0.4, -0.2) is 37.0 Å². The molecule has 1 amide bonds. The summed E-state index contributed by atoms with van der Waals surface area (Å²) >= 11 is 1.21. The molecule has 1 aliphatic rings. The van der Waals surface area contributed by atoms with Gasteiger partial charge in [-0.05, 0) is 53.9 Å². The van der Waals surface area contributed by atoms with Gasteiger partial charge in [-0.3, -0.25) is 4.79 Å². The molecule has 158 valence electrons. The minimum atomic E-state index is -0.656. The minimum absolute atomic E-state index is 0.0499. The van der Waals surface area contributed by atoms with E-state index in [2.05, 4.69) is 0 Å². The fraction of sp³-hybridized carbons (Fsp3) is 0.217. The highest BCUT2D eigenvalue weighted by atomic mass is 32.1. The highest BCUT2D eigenvalue weighted by Crippen LogP contribution is 2.41. The molecule has 2 heterocycles. The van der Waals surface area contributed by atoms with Gasteiger partial charge in [0.25, 0.3) is 5.91 Å². The Morgan fingerprint density at radius 1 is 1.19 bits per heavy atom. The molecule has 1 atom stereocenters. The van der Waals surface area contributed by atoms with Crippen molar-refractivity contribution in [1.82, 2.24) is 4.90 Å². The molecule has 1 aliphatic heterocycles. The molecule has 5 nitrogen and oxygen atoms in total. The smallest absolute Gasteiger partial charge is 0.264 e. The molecule has 1 fully saturated rings. The average Bonchev–Trinajstić information content (AvgIpc) is 3.40. The van der Waals surface area contributed by atoms with Gasteiger partial charge < -0.3 is 15.4 Å². The molecule has 2 aromatic carbocycles. The van der Waals surface area contributed by atoms with Crippen LogP contribution in [0.2, 0.25) is 0 Å². The molecular weight excluding hydrogens is 420 g/mol. The van der Waals surface area contributed by atoms with Crippen LogP contribution in [0.4, 0.5) is 8.78 Å². The lowest BCUT2D eigenvalue weighted by Gasteiger charge is -2.14. The summed E-state index contributed by atoms with van der Waals surface area (Å²) in [7, 11) is 1.38. The fourth-order valence-electron chi connectivity index (χ4n) is 3.63. The molecule has 0 spiro atoms. The van der Waals surface area contributed by atoms with Gasteiger partial charge in [0, 0.05) is 29.6 Å². The van der Waals surface area contributed by atoms with Gasteiger partial charge in [0.15, 0.2) is 11.6 Å². The zero-order valence-corrected chi connectivity index (χ0v) is 17.5. The van der Waals surface area contributed by atoms with Crippen LogP contribution in [-0.2, 0) is 0 Å². The van der Waals surface area contributed by atoms with E-state index in [1.807, 2.05) is 0 Å². The van der Waals surface area contributed by atoms with Crippen molar-refractivity contribution >= 4 is 17.2 Å². The van der Waals surface area contributed by atoms with Gasteiger partial charge in [0.2, 0.25) is 0 Å². The number of hydrogen-bond acceptors (Lipinski definition) is 5. The van der Waals surface area contributed by atoms with Gasteiger partial charge in [0.1, 0.15) is 11.9 Å². The number of benzene rings is 2. The van der Waals surface area contributed by atoms with Crippen LogP contribution in [0.5, 0.6) is 5.75 Å². The monoisotopic (exact) mass is 439 g/mol. The molecule has 0 bridgehead atoms. The maximum absolute atomic E-state index is 14.4. The lowest BCUT2D eigenvalue weighted by molar-refractivity contribution is 0.0795. The number of halogens is 2. The Morgan fingerprint density at radius 3 is 2.55 bits per heavy atom. The fourth-order valence-corrected chi connectivity index (χ4v) is 4.78. The Hall–Kier alpha value is -3.28. The van der Waals surface area contributed by atoms with E-state index < -0.39 is 11.6 Å². The molecule has 0 radical (unpaired) electrons. The molecule has 0 saturated carbocycles. The molecule has 0 unspecified atom stereocenters. The molecule has 2 N–H and O–H groups in total. The number of likely N-dealkylation sites (tertiary alicyclic amines) is 1. The number of nitrogens with zero attached hydrogens (tertiary/aromatic N) is 2. The molecule has 4 rings (SSSR count). The number of carbonyl (C=O) groups excluding carboxylic acids is 1. The van der Waals surface area contributed by atoms with E-state index in [-0.39, 0.29) is 23.3 Å². The Balaban J connectivity index is 1.83. The first kappa shape index (κ1) is 21.0. The number of carbonyl (C=O) groups is 1. The van der Waals surface area contributed by atoms with E-state index in [1.54, 1.807) is 29.2 Å². The van der Waals surface area contributed by atoms with Crippen molar-refractivity contribution in [1.29, 1.82) is 5.26 Å². The van der Waals surface area contributed by atoms with Crippen molar-refractivity contribution in [2.45, 2.75) is 12.5 Å². The predicted molar refractivity (Wildman–Crippen MR) is 115 cm³/mol. The summed E-state index contributed by atoms with van der Waals surface area (Å²) in [6.45, 7) is 1.05. The van der Waals surface area contributed by atoms with Crippen LogP contribution in [0.1, 0.15) is 21.7 Å². The van der Waals surface area contributed by atoms with Crippen LogP contribution >= 0.6 is 11.3 Å². The zero-order valence-electron chi connectivity index (χ0n) is 16.7. The van der Waals surface area contributed by atoms with Crippen LogP contribution < -0.4 is 10.5 Å². The number of hydrogen-bond donors (Lipinski definition) is 1. The van der Waals surface area contributed by atoms with Crippen molar-refractivity contribution in [3.05, 3.63) is 64.5 Å². The molecule has 8 heteroatoms. The third-order valence-electron chi connectivity index (χ3n) is 5.27. The third-order valence-corrected chi connectivity index (χ3v) is 6.44. The molecule has 1 aromatic heterocycles. The molecule has 31 heavy (non-hydrogen) atoms. The SMILES string of the molecule is COc1ccc(-c2sc(C(=O)N3CC[C@H](N)C3)cc2-c2ccc(C#N)c(F)c2)cc1F. The van der Waals surface area contributed by atoms with Crippen molar-refractivity contribution in [3.63, 3.8) is 0 Å². The summed E-state index contributed by atoms with van der Waals surface area (Å²) < 4.78 is 33.7. The molecule has 3 aromatic rings. The van der Waals surface area contributed by atoms with E-state index >= 15 is 0 Å². The second-order valence-corrected chi connectivity index (χ2v) is 8.36. The van der Waals surface area contributed by atoms with Crippen LogP contribution in [0.25, 0.3) is 21.6 Å². The highest BCUT2D eigenvalue weighted by molar-refractivity contribution is 7.18. The lowest BCUT2D eigenvalue weighted by Crippen LogP contribution is -2.31. The van der Waals surface area contributed by atoms with Crippen molar-refractivity contribution < 1.29 is 18.3 Å². The third kappa shape index (κ3) is 4.02. The summed E-state index contributed by atoms with van der Waals surface area (Å²) in [5.74, 6) is -1.25. The van der Waals surface area contributed by atoms with Gasteiger partial charge in [-0.15, -0.1) is 11.3 Å². The topological polar surface area (TPSA) is 79.3 Å². The number of rotatable bonds is 4. The summed E-state index contributed by atoms with van der Waals surface area (Å²) in [5.41, 5.74) is 7.49. The van der Waals surface area contributed by atoms with Crippen LogP contribution in [0, 0.1) is 23.0 Å². The first-order valence-electron chi connectivity index (χ1n) is 9.64. The van der Waals surface area contributed by atoms with E-state index in [0.29, 0.717) is 39.5 Å². The normalized spacial score (nSPS) is 15.7. The van der Waals surface area contributed by atoms with Crippen LogP contribution in [0.15, 0.2) is 42.5 Å². The summed E-state index contributed by atoms with van der Waals surface area (Å²) in [6, 6.07) is 12.2. The Morgan fingerprint density at radius 2 is 1.94 bits per heavy atom. The summed E-state index contributed by atoms with van der Waals surface area (Å²) in [6.07, 6.45) is 0.737. The van der Waals surface area contributed by atoms with Gasteiger partial charge in [-0.2, -0.15) is 5.26 Å². The Kier molecular flexibility index (Phi) is 5.72. The van der Waals surface area contributed by atoms with Gasteiger partial charge in [-0.1, -0.05) is 6.07 Å². The number of ether oxygens (including phenoxy) is 1. The van der Waals surface area contributed by atoms with Gasteiger partial charge in [0.05, 0.1) is 17.6 Å². The molecule has 0 aliphatic carbocycles. The quantitative estimate of drug-likeness (QED) is 0.653. The second kappa shape index (κ2) is 8.46. The number of amides is 1. The van der Waals surface area contributed by atoms with Crippen molar-refractivity contribution in [2.24, 2.45) is 5.73 Å². The number of methoxy groups -OCH3 is 1. The molecular formula is C23H19F2N3O2S. The highest BCUT2D eigenvalue weighted by Gasteiger charge is 2.27. The Bertz CT molecular complexity index is 1200. The zero-order chi connectivity index (χ0) is 22.1. The second-order valence-electron chi connectivity index (χ2n) is 7.31. The van der Waals surface area contributed by atoms with E-state index in [9.17, 15) is 13.6 Å². The van der Waals surface area contributed by atoms with E-state index in [1.165, 1.54) is 42.7 Å². The largest absolute Gasteiger partial charge is 0.494 e. The number of nitriles is 1. The van der Waals surface area contributed by atoms with Gasteiger partial charge >= 0.3 is 0 Å². The lowest BCUT2D eigenvalue weighted by atomic mass is 10.0. The standard InChI is InChI=1S/C23H19F2N3O2S/c1-30-20-5-4-14(9-19(20)25)22-17(13-2-3-15(11-26)18(24)8-13)10-21(31-22)23(29)28-7-6-16(27)12-28/h2-5,8-10,16H,6-7,12,27H2,1H3/t16-/m0/s1. The van der Waals surface area contributed by atoms with Crippen molar-refractivity contribution in [3.8, 4) is 33.4 Å². The summed E-state index contributed by atoms with van der Waals surface area (Å²) in [5, 5.41) is 9.01. The van der Waals surface area contributed by atoms with Crippen molar-refractivity contribution in [2.75, 3.05) is 20.2 Å². The number of thiophene rings is 1. The van der Waals surface area contributed by atoms with E-state index in [4.69, 9.17) is 15.7 Å².